The number of esters is 1. The molecular formula is C25H32N6O6. The lowest BCUT2D eigenvalue weighted by Crippen LogP contribution is -2.43. The number of carbonyl (C=O) groups excluding carboxylic acids is 2. The summed E-state index contributed by atoms with van der Waals surface area (Å²) in [5, 5.41) is 23.9. The molecule has 0 bridgehead atoms. The van der Waals surface area contributed by atoms with Gasteiger partial charge >= 0.3 is 5.97 Å². The molecule has 2 aromatic heterocycles. The molecule has 1 aliphatic heterocycles. The molecule has 2 aliphatic carbocycles. The molecule has 198 valence electrons. The Labute approximate surface area is 214 Å². The van der Waals surface area contributed by atoms with E-state index >= 15 is 0 Å². The van der Waals surface area contributed by atoms with E-state index in [0.717, 1.165) is 38.5 Å². The fourth-order valence-corrected chi connectivity index (χ4v) is 4.93. The fraction of sp³-hybridized carbons (Fsp3) is 0.640. The van der Waals surface area contributed by atoms with E-state index in [1.807, 2.05) is 6.92 Å². The number of anilines is 1. The number of nitrogen functional groups attached to an aromatic ring is 1. The molecular weight excluding hydrogens is 480 g/mol. The Kier molecular flexibility index (Phi) is 7.28. The van der Waals surface area contributed by atoms with Crippen LogP contribution in [-0.2, 0) is 19.1 Å². The SMILES string of the molecule is CCOC(=O)C1CCC(CC#Cc2nc(N)c3ncn([C@@H]4O[C@H](C(=O)NC5CC5)[C@H](O)C4O)c3n2)CC1. The highest BCUT2D eigenvalue weighted by Gasteiger charge is 2.48. The number of ether oxygens (including phenoxy) is 2. The molecule has 5 rings (SSSR count). The van der Waals surface area contributed by atoms with Gasteiger partial charge in [0.05, 0.1) is 18.9 Å². The zero-order valence-electron chi connectivity index (χ0n) is 20.7. The van der Waals surface area contributed by atoms with E-state index in [-0.39, 0.29) is 35.2 Å². The number of aromatic nitrogens is 4. The first-order valence-corrected chi connectivity index (χ1v) is 12.8. The average molecular weight is 513 g/mol. The normalized spacial score (nSPS) is 29.5. The van der Waals surface area contributed by atoms with Crippen LogP contribution < -0.4 is 11.1 Å². The van der Waals surface area contributed by atoms with Crippen molar-refractivity contribution in [3.05, 3.63) is 12.2 Å². The van der Waals surface area contributed by atoms with Crippen molar-refractivity contribution in [2.24, 2.45) is 11.8 Å². The molecule has 5 N–H and O–H groups in total. The number of nitrogens with zero attached hydrogens (tertiary/aromatic N) is 4. The highest BCUT2D eigenvalue weighted by Crippen LogP contribution is 2.33. The summed E-state index contributed by atoms with van der Waals surface area (Å²) in [4.78, 5) is 37.3. The van der Waals surface area contributed by atoms with E-state index < -0.39 is 30.4 Å². The number of rotatable bonds is 6. The number of aliphatic hydroxyl groups excluding tert-OH is 2. The van der Waals surface area contributed by atoms with Gasteiger partial charge in [-0.2, -0.15) is 0 Å². The lowest BCUT2D eigenvalue weighted by molar-refractivity contribution is -0.149. The Balaban J connectivity index is 1.27. The van der Waals surface area contributed by atoms with Gasteiger partial charge in [0.25, 0.3) is 5.91 Å². The second-order valence-electron chi connectivity index (χ2n) is 9.94. The van der Waals surface area contributed by atoms with Crippen LogP contribution in [0.2, 0.25) is 0 Å². The van der Waals surface area contributed by atoms with Crippen molar-refractivity contribution in [3.63, 3.8) is 0 Å². The Morgan fingerprint density at radius 2 is 1.95 bits per heavy atom. The van der Waals surface area contributed by atoms with Crippen molar-refractivity contribution < 1.29 is 29.3 Å². The summed E-state index contributed by atoms with van der Waals surface area (Å²) in [7, 11) is 0. The Morgan fingerprint density at radius 1 is 1.19 bits per heavy atom. The molecule has 1 saturated heterocycles. The molecule has 0 radical (unpaired) electrons. The lowest BCUT2D eigenvalue weighted by Gasteiger charge is -2.25. The van der Waals surface area contributed by atoms with E-state index in [4.69, 9.17) is 15.2 Å². The predicted octanol–water partition coefficient (Wildman–Crippen LogP) is 0.417. The summed E-state index contributed by atoms with van der Waals surface area (Å²) >= 11 is 0. The van der Waals surface area contributed by atoms with Gasteiger partial charge in [0, 0.05) is 12.5 Å². The van der Waals surface area contributed by atoms with Crippen molar-refractivity contribution in [2.45, 2.75) is 82.5 Å². The Hall–Kier alpha value is -3.27. The molecule has 3 heterocycles. The van der Waals surface area contributed by atoms with Crippen molar-refractivity contribution in [1.82, 2.24) is 24.8 Å². The van der Waals surface area contributed by atoms with Gasteiger partial charge < -0.3 is 30.7 Å². The molecule has 3 aliphatic rings. The molecule has 12 nitrogen and oxygen atoms in total. The van der Waals surface area contributed by atoms with Gasteiger partial charge in [-0.3, -0.25) is 14.2 Å². The maximum absolute atomic E-state index is 12.4. The molecule has 4 atom stereocenters. The number of carbonyl (C=O) groups is 2. The maximum Gasteiger partial charge on any atom is 0.308 e. The van der Waals surface area contributed by atoms with Gasteiger partial charge in [-0.05, 0) is 57.3 Å². The van der Waals surface area contributed by atoms with Crippen LogP contribution in [0.15, 0.2) is 6.33 Å². The van der Waals surface area contributed by atoms with E-state index in [9.17, 15) is 19.8 Å². The number of aliphatic hydroxyl groups is 2. The van der Waals surface area contributed by atoms with Gasteiger partial charge in [-0.15, -0.1) is 0 Å². The standard InChI is InChI=1S/C25H32N6O6/c1-2-36-25(35)14-8-6-13(7-9-14)4-3-5-16-29-21(26)17-22(30-16)31(12-27-17)24-19(33)18(32)20(37-24)23(34)28-15-10-11-15/h12-15,18-20,24,32-33H,2,4,6-11H2,1H3,(H,28,34)(H2,26,29,30)/t13?,14?,18-,19?,20+,24-/m1/s1. The van der Waals surface area contributed by atoms with Crippen LogP contribution in [0.1, 0.15) is 63.9 Å². The van der Waals surface area contributed by atoms with Crippen molar-refractivity contribution >= 4 is 28.9 Å². The van der Waals surface area contributed by atoms with E-state index in [1.54, 1.807) is 0 Å². The van der Waals surface area contributed by atoms with Crippen LogP contribution in [0.3, 0.4) is 0 Å². The first kappa shape index (κ1) is 25.4. The average Bonchev–Trinajstić information content (AvgIpc) is 3.52. The second-order valence-corrected chi connectivity index (χ2v) is 9.94. The van der Waals surface area contributed by atoms with Gasteiger partial charge in [-0.1, -0.05) is 5.92 Å². The molecule has 3 fully saturated rings. The summed E-state index contributed by atoms with van der Waals surface area (Å²) in [5.74, 6) is 6.19. The van der Waals surface area contributed by atoms with Crippen LogP contribution >= 0.6 is 0 Å². The van der Waals surface area contributed by atoms with E-state index in [0.29, 0.717) is 24.5 Å². The van der Waals surface area contributed by atoms with Crippen LogP contribution in [0, 0.1) is 23.7 Å². The number of nitrogens with two attached hydrogens (primary N) is 1. The van der Waals surface area contributed by atoms with Crippen LogP contribution in [0.4, 0.5) is 5.82 Å². The highest BCUT2D eigenvalue weighted by atomic mass is 16.6. The third kappa shape index (κ3) is 5.39. The molecule has 0 aromatic carbocycles. The quantitative estimate of drug-likeness (QED) is 0.313. The number of nitrogens with one attached hydrogen (secondary N) is 1. The molecule has 2 aromatic rings. The van der Waals surface area contributed by atoms with Gasteiger partial charge in [-0.25, -0.2) is 15.0 Å². The minimum atomic E-state index is -1.40. The van der Waals surface area contributed by atoms with Crippen molar-refractivity contribution in [1.29, 1.82) is 0 Å². The maximum atomic E-state index is 12.4. The van der Waals surface area contributed by atoms with Gasteiger partial charge in [0.1, 0.15) is 17.7 Å². The van der Waals surface area contributed by atoms with Gasteiger partial charge in [0.15, 0.2) is 23.8 Å². The number of hydrogen-bond donors (Lipinski definition) is 4. The third-order valence-electron chi connectivity index (χ3n) is 7.20. The van der Waals surface area contributed by atoms with Crippen molar-refractivity contribution in [3.8, 4) is 11.8 Å². The minimum Gasteiger partial charge on any atom is -0.466 e. The monoisotopic (exact) mass is 512 g/mol. The Bertz CT molecular complexity index is 1230. The molecule has 1 unspecified atom stereocenters. The van der Waals surface area contributed by atoms with Crippen molar-refractivity contribution in [2.75, 3.05) is 12.3 Å². The predicted molar refractivity (Wildman–Crippen MR) is 130 cm³/mol. The summed E-state index contributed by atoms with van der Waals surface area (Å²) < 4.78 is 12.3. The second kappa shape index (κ2) is 10.6. The summed E-state index contributed by atoms with van der Waals surface area (Å²) in [6.07, 6.45) is 2.15. The highest BCUT2D eigenvalue weighted by molar-refractivity contribution is 5.83. The fourth-order valence-electron chi connectivity index (χ4n) is 4.93. The molecule has 2 saturated carbocycles. The molecule has 37 heavy (non-hydrogen) atoms. The topological polar surface area (TPSA) is 175 Å². The molecule has 12 heteroatoms. The summed E-state index contributed by atoms with van der Waals surface area (Å²) in [5.41, 5.74) is 6.68. The third-order valence-corrected chi connectivity index (χ3v) is 7.20. The first-order chi connectivity index (χ1) is 17.9. The largest absolute Gasteiger partial charge is 0.466 e. The minimum absolute atomic E-state index is 0.0268. The van der Waals surface area contributed by atoms with Crippen LogP contribution in [0.5, 0.6) is 0 Å². The Morgan fingerprint density at radius 3 is 2.65 bits per heavy atom. The van der Waals surface area contributed by atoms with Gasteiger partial charge in [0.2, 0.25) is 5.82 Å². The summed E-state index contributed by atoms with van der Waals surface area (Å²) in [6.45, 7) is 2.22. The van der Waals surface area contributed by atoms with E-state index in [1.165, 1.54) is 10.9 Å². The van der Waals surface area contributed by atoms with Crippen LogP contribution in [-0.4, -0.2) is 72.6 Å². The first-order valence-electron chi connectivity index (χ1n) is 12.8. The zero-order valence-corrected chi connectivity index (χ0v) is 20.7. The zero-order chi connectivity index (χ0) is 26.1. The smallest absolute Gasteiger partial charge is 0.308 e. The number of fused-ring (bicyclic) bond motifs is 1. The molecule has 0 spiro atoms. The van der Waals surface area contributed by atoms with Crippen LogP contribution in [0.25, 0.3) is 11.2 Å². The van der Waals surface area contributed by atoms with E-state index in [2.05, 4.69) is 32.1 Å². The number of amides is 1. The number of imidazole rings is 1. The number of hydrogen-bond acceptors (Lipinski definition) is 10. The summed E-state index contributed by atoms with van der Waals surface area (Å²) in [6, 6.07) is 0.0924. The lowest BCUT2D eigenvalue weighted by atomic mass is 9.81. The molecule has 1 amide bonds.